The summed E-state index contributed by atoms with van der Waals surface area (Å²) in [6.07, 6.45) is 0. The summed E-state index contributed by atoms with van der Waals surface area (Å²) < 4.78 is 30.1. The van der Waals surface area contributed by atoms with Crippen LogP contribution in [0.4, 0.5) is 11.4 Å². The highest BCUT2D eigenvalue weighted by Crippen LogP contribution is 2.34. The Hall–Kier alpha value is -3.01. The quantitative estimate of drug-likeness (QED) is 0.451. The molecule has 0 heterocycles. The van der Waals surface area contributed by atoms with E-state index in [0.717, 1.165) is 17.7 Å². The van der Waals surface area contributed by atoms with Crippen molar-refractivity contribution >= 4 is 21.5 Å². The van der Waals surface area contributed by atoms with Crippen molar-refractivity contribution in [1.29, 1.82) is 0 Å². The molecule has 0 spiro atoms. The summed E-state index contributed by atoms with van der Waals surface area (Å²) >= 11 is 0. The maximum Gasteiger partial charge on any atom is 0.339 e. The van der Waals surface area contributed by atoms with Gasteiger partial charge in [0.05, 0.1) is 15.9 Å². The van der Waals surface area contributed by atoms with E-state index in [-0.39, 0.29) is 4.90 Å². The minimum absolute atomic E-state index is 0.0919. The van der Waals surface area contributed by atoms with Gasteiger partial charge in [-0.2, -0.15) is 8.42 Å². The third kappa shape index (κ3) is 3.74. The van der Waals surface area contributed by atoms with Crippen LogP contribution in [0.3, 0.4) is 0 Å². The molecule has 0 amide bonds. The molecule has 0 aliphatic rings. The van der Waals surface area contributed by atoms with Crippen LogP contribution in [0.2, 0.25) is 0 Å². The topological polar surface area (TPSA) is 130 Å². The van der Waals surface area contributed by atoms with Gasteiger partial charge in [0, 0.05) is 6.07 Å². The van der Waals surface area contributed by atoms with Gasteiger partial charge in [0.1, 0.15) is 4.90 Å². The van der Waals surface area contributed by atoms with E-state index in [1.807, 2.05) is 0 Å². The number of nitro groups is 2. The molecule has 0 unspecified atom stereocenters. The van der Waals surface area contributed by atoms with E-state index in [1.165, 1.54) is 0 Å². The van der Waals surface area contributed by atoms with Gasteiger partial charge >= 0.3 is 15.8 Å². The number of non-ortho nitro benzene ring substituents is 1. The van der Waals surface area contributed by atoms with Crippen LogP contribution in [0.1, 0.15) is 16.7 Å². The van der Waals surface area contributed by atoms with E-state index in [4.69, 9.17) is 4.18 Å². The zero-order valence-electron chi connectivity index (χ0n) is 13.5. The fraction of sp³-hybridized carbons (Fsp3) is 0.200. The van der Waals surface area contributed by atoms with Gasteiger partial charge in [0.2, 0.25) is 5.75 Å². The first-order chi connectivity index (χ1) is 11.5. The molecule has 0 atom stereocenters. The Morgan fingerprint density at radius 2 is 1.48 bits per heavy atom. The SMILES string of the molecule is Cc1cc(C)c(S(=O)(=O)Oc2ccc([N+](=O)[O-])cc2[N+](=O)[O-])c(C)c1. The summed E-state index contributed by atoms with van der Waals surface area (Å²) in [6, 6.07) is 5.78. The predicted molar refractivity (Wildman–Crippen MR) is 88.2 cm³/mol. The summed E-state index contributed by atoms with van der Waals surface area (Å²) in [5, 5.41) is 21.8. The highest BCUT2D eigenvalue weighted by molar-refractivity contribution is 7.87. The van der Waals surface area contributed by atoms with Crippen LogP contribution < -0.4 is 4.18 Å². The van der Waals surface area contributed by atoms with Crippen molar-refractivity contribution < 1.29 is 22.4 Å². The van der Waals surface area contributed by atoms with Crippen LogP contribution in [0.5, 0.6) is 5.75 Å². The lowest BCUT2D eigenvalue weighted by molar-refractivity contribution is -0.394. The Labute approximate surface area is 143 Å². The van der Waals surface area contributed by atoms with E-state index in [2.05, 4.69) is 0 Å². The minimum atomic E-state index is -4.35. The standard InChI is InChI=1S/C15H14N2O7S/c1-9-6-10(2)15(11(3)7-9)25(22,23)24-14-5-4-12(16(18)19)8-13(14)17(20)21/h4-8H,1-3H3. The summed E-state index contributed by atoms with van der Waals surface area (Å²) in [5.41, 5.74) is 0.374. The molecule has 0 aromatic heterocycles. The molecule has 132 valence electrons. The molecule has 2 aromatic rings. The number of rotatable bonds is 5. The largest absolute Gasteiger partial charge is 0.372 e. The van der Waals surface area contributed by atoms with Crippen molar-refractivity contribution in [1.82, 2.24) is 0 Å². The first-order valence-electron chi connectivity index (χ1n) is 6.98. The Kier molecular flexibility index (Phi) is 4.75. The van der Waals surface area contributed by atoms with Gasteiger partial charge in [-0.25, -0.2) is 0 Å². The van der Waals surface area contributed by atoms with E-state index < -0.39 is 37.1 Å². The van der Waals surface area contributed by atoms with E-state index in [0.29, 0.717) is 17.2 Å². The lowest BCUT2D eigenvalue weighted by Gasteiger charge is -2.12. The van der Waals surface area contributed by atoms with Crippen LogP contribution in [0.15, 0.2) is 35.2 Å². The second-order valence-electron chi connectivity index (χ2n) is 5.43. The number of nitro benzene ring substituents is 2. The van der Waals surface area contributed by atoms with Crippen LogP contribution >= 0.6 is 0 Å². The Morgan fingerprint density at radius 3 is 1.96 bits per heavy atom. The molecule has 0 saturated heterocycles. The van der Waals surface area contributed by atoms with Crippen LogP contribution in [0, 0.1) is 41.0 Å². The fourth-order valence-corrected chi connectivity index (χ4v) is 3.92. The van der Waals surface area contributed by atoms with Crippen molar-refractivity contribution in [2.75, 3.05) is 0 Å². The zero-order chi connectivity index (χ0) is 18.9. The van der Waals surface area contributed by atoms with Gasteiger partial charge in [-0.3, -0.25) is 20.2 Å². The van der Waals surface area contributed by atoms with Crippen molar-refractivity contribution in [2.45, 2.75) is 25.7 Å². The second kappa shape index (κ2) is 6.48. The van der Waals surface area contributed by atoms with E-state index >= 15 is 0 Å². The molecule has 25 heavy (non-hydrogen) atoms. The molecule has 0 aliphatic carbocycles. The highest BCUT2D eigenvalue weighted by Gasteiger charge is 2.28. The van der Waals surface area contributed by atoms with Gasteiger partial charge in [-0.05, 0) is 38.0 Å². The van der Waals surface area contributed by atoms with Gasteiger partial charge in [-0.1, -0.05) is 17.7 Å². The first-order valence-corrected chi connectivity index (χ1v) is 8.39. The lowest BCUT2D eigenvalue weighted by atomic mass is 10.1. The predicted octanol–water partition coefficient (Wildman–Crippen LogP) is 3.20. The maximum atomic E-state index is 12.6. The molecule has 0 aliphatic heterocycles. The van der Waals surface area contributed by atoms with Crippen molar-refractivity contribution in [3.05, 3.63) is 67.3 Å². The normalized spacial score (nSPS) is 11.2. The average molecular weight is 366 g/mol. The Morgan fingerprint density at radius 1 is 0.920 bits per heavy atom. The summed E-state index contributed by atoms with van der Waals surface area (Å²) in [6.45, 7) is 4.97. The van der Waals surface area contributed by atoms with Gasteiger partial charge in [0.15, 0.2) is 0 Å². The molecule has 10 heteroatoms. The third-order valence-electron chi connectivity index (χ3n) is 3.40. The molecule has 2 rings (SSSR count). The van der Waals surface area contributed by atoms with Crippen molar-refractivity contribution in [2.24, 2.45) is 0 Å². The summed E-state index contributed by atoms with van der Waals surface area (Å²) in [4.78, 5) is 20.0. The Balaban J connectivity index is 2.56. The third-order valence-corrected chi connectivity index (χ3v) is 4.95. The molecular formula is C15H14N2O7S. The van der Waals surface area contributed by atoms with Crippen LogP contribution in [-0.4, -0.2) is 18.3 Å². The van der Waals surface area contributed by atoms with E-state index in [1.54, 1.807) is 32.9 Å². The number of nitrogens with zero attached hydrogens (tertiary/aromatic N) is 2. The number of benzene rings is 2. The van der Waals surface area contributed by atoms with Crippen LogP contribution in [0.25, 0.3) is 0 Å². The van der Waals surface area contributed by atoms with Gasteiger partial charge < -0.3 is 4.18 Å². The molecule has 2 aromatic carbocycles. The zero-order valence-corrected chi connectivity index (χ0v) is 14.4. The van der Waals surface area contributed by atoms with Gasteiger partial charge in [0.25, 0.3) is 5.69 Å². The van der Waals surface area contributed by atoms with Crippen molar-refractivity contribution in [3.63, 3.8) is 0 Å². The monoisotopic (exact) mass is 366 g/mol. The summed E-state index contributed by atoms with van der Waals surface area (Å²) in [7, 11) is -4.35. The van der Waals surface area contributed by atoms with Gasteiger partial charge in [-0.15, -0.1) is 0 Å². The molecule has 0 bridgehead atoms. The average Bonchev–Trinajstić information content (AvgIpc) is 2.44. The maximum absolute atomic E-state index is 12.6. The first kappa shape index (κ1) is 18.3. The number of aryl methyl sites for hydroxylation is 3. The Bertz CT molecular complexity index is 960. The van der Waals surface area contributed by atoms with Crippen molar-refractivity contribution in [3.8, 4) is 5.75 Å². The second-order valence-corrected chi connectivity index (χ2v) is 6.91. The molecule has 0 saturated carbocycles. The molecular weight excluding hydrogens is 352 g/mol. The van der Waals surface area contributed by atoms with E-state index in [9.17, 15) is 28.6 Å². The molecule has 0 fully saturated rings. The molecule has 0 N–H and O–H groups in total. The lowest BCUT2D eigenvalue weighted by Crippen LogP contribution is -2.14. The number of hydrogen-bond donors (Lipinski definition) is 0. The minimum Gasteiger partial charge on any atom is -0.372 e. The number of hydrogen-bond acceptors (Lipinski definition) is 7. The fourth-order valence-electron chi connectivity index (χ4n) is 2.55. The highest BCUT2D eigenvalue weighted by atomic mass is 32.2. The molecule has 0 radical (unpaired) electrons. The molecule has 9 nitrogen and oxygen atoms in total. The van der Waals surface area contributed by atoms with Crippen LogP contribution in [-0.2, 0) is 10.1 Å². The smallest absolute Gasteiger partial charge is 0.339 e. The summed E-state index contributed by atoms with van der Waals surface area (Å²) in [5.74, 6) is -0.588.